The van der Waals surface area contributed by atoms with Gasteiger partial charge in [-0.25, -0.2) is 4.39 Å². The number of hydrogen-bond acceptors (Lipinski definition) is 3. The minimum Gasteiger partial charge on any atom is -0.369 e. The van der Waals surface area contributed by atoms with E-state index in [1.54, 1.807) is 6.07 Å². The van der Waals surface area contributed by atoms with Crippen LogP contribution in [0.2, 0.25) is 5.02 Å². The fraction of sp³-hybridized carbons (Fsp3) is 0.529. The van der Waals surface area contributed by atoms with Crippen molar-refractivity contribution < 1.29 is 14.0 Å². The maximum Gasteiger partial charge on any atom is 0.231 e. The summed E-state index contributed by atoms with van der Waals surface area (Å²) in [5.41, 5.74) is 5.48. The van der Waals surface area contributed by atoms with Gasteiger partial charge in [0, 0.05) is 29.7 Å². The molecule has 0 spiro atoms. The molecule has 130 valence electrons. The van der Waals surface area contributed by atoms with Gasteiger partial charge in [0.2, 0.25) is 11.8 Å². The molecule has 1 aliphatic heterocycles. The Bertz CT molecular complexity index is 630. The van der Waals surface area contributed by atoms with Crippen molar-refractivity contribution >= 4 is 23.4 Å². The van der Waals surface area contributed by atoms with Crippen molar-refractivity contribution in [1.29, 1.82) is 0 Å². The number of nitrogens with zero attached hydrogens (tertiary/aromatic N) is 1. The first-order valence-electron chi connectivity index (χ1n) is 8.17. The highest BCUT2D eigenvalue weighted by atomic mass is 35.5. The first kappa shape index (κ1) is 17.2. The predicted octanol–water partition coefficient (Wildman–Crippen LogP) is 1.33. The number of nitrogens with two attached hydrogens (primary N) is 1. The Hall–Kier alpha value is -1.66. The topological polar surface area (TPSA) is 75.4 Å². The summed E-state index contributed by atoms with van der Waals surface area (Å²) in [6.45, 7) is 1.56. The average Bonchev–Trinajstić information content (AvgIpc) is 3.26. The van der Waals surface area contributed by atoms with Crippen LogP contribution >= 0.6 is 11.6 Å². The van der Waals surface area contributed by atoms with E-state index in [0.29, 0.717) is 18.4 Å². The largest absolute Gasteiger partial charge is 0.369 e. The molecule has 1 saturated carbocycles. The Morgan fingerprint density at radius 1 is 1.33 bits per heavy atom. The molecule has 5 nitrogen and oxygen atoms in total. The zero-order chi connectivity index (χ0) is 17.3. The van der Waals surface area contributed by atoms with Gasteiger partial charge in [0.1, 0.15) is 5.82 Å². The molecule has 1 aromatic rings. The van der Waals surface area contributed by atoms with Crippen LogP contribution in [0.3, 0.4) is 0 Å². The van der Waals surface area contributed by atoms with Gasteiger partial charge in [-0.15, -0.1) is 0 Å². The number of primary amides is 1. The quantitative estimate of drug-likeness (QED) is 0.810. The van der Waals surface area contributed by atoms with E-state index in [1.807, 2.05) is 4.90 Å². The standard InChI is InChI=1S/C17H21ClFN3O2/c18-13-2-1-3-14(19)11(13)6-17(24)21-15-8-22(9-16(20)23)7-12(15)10-4-5-10/h1-3,10,12,15H,4-9H2,(H2,20,23)(H,21,24)/t12-,15+/m0/s1. The number of carbonyl (C=O) groups is 2. The Kier molecular flexibility index (Phi) is 5.06. The maximum absolute atomic E-state index is 13.8. The van der Waals surface area contributed by atoms with Crippen LogP contribution in [0, 0.1) is 17.7 Å². The van der Waals surface area contributed by atoms with Crippen LogP contribution in [0.15, 0.2) is 18.2 Å². The minimum absolute atomic E-state index is 0.0325. The van der Waals surface area contributed by atoms with Crippen LogP contribution in [0.4, 0.5) is 4.39 Å². The number of benzene rings is 1. The average molecular weight is 354 g/mol. The van der Waals surface area contributed by atoms with Gasteiger partial charge >= 0.3 is 0 Å². The molecule has 2 fully saturated rings. The Labute approximate surface area is 145 Å². The molecule has 0 bridgehead atoms. The number of nitrogens with one attached hydrogen (secondary N) is 1. The second-order valence-corrected chi connectivity index (χ2v) is 7.12. The lowest BCUT2D eigenvalue weighted by molar-refractivity contribution is -0.121. The predicted molar refractivity (Wildman–Crippen MR) is 88.9 cm³/mol. The van der Waals surface area contributed by atoms with Crippen molar-refractivity contribution in [2.75, 3.05) is 19.6 Å². The molecule has 24 heavy (non-hydrogen) atoms. The van der Waals surface area contributed by atoms with Crippen LogP contribution < -0.4 is 11.1 Å². The molecular weight excluding hydrogens is 333 g/mol. The molecule has 0 aromatic heterocycles. The minimum atomic E-state index is -0.474. The molecule has 1 saturated heterocycles. The second-order valence-electron chi connectivity index (χ2n) is 6.71. The van der Waals surface area contributed by atoms with Gasteiger partial charge in [0.15, 0.2) is 0 Å². The van der Waals surface area contributed by atoms with E-state index in [4.69, 9.17) is 17.3 Å². The lowest BCUT2D eigenvalue weighted by atomic mass is 9.98. The molecule has 3 N–H and O–H groups in total. The highest BCUT2D eigenvalue weighted by Gasteiger charge is 2.43. The number of likely N-dealkylation sites (tertiary alicyclic amines) is 1. The molecule has 1 aromatic carbocycles. The van der Waals surface area contributed by atoms with E-state index < -0.39 is 5.82 Å². The van der Waals surface area contributed by atoms with Crippen LogP contribution in [0.1, 0.15) is 18.4 Å². The third-order valence-corrected chi connectivity index (χ3v) is 5.15. The number of rotatable bonds is 6. The highest BCUT2D eigenvalue weighted by molar-refractivity contribution is 6.31. The normalized spacial score (nSPS) is 24.1. The fourth-order valence-electron chi connectivity index (χ4n) is 3.54. The lowest BCUT2D eigenvalue weighted by Crippen LogP contribution is -2.42. The number of carbonyl (C=O) groups excluding carboxylic acids is 2. The van der Waals surface area contributed by atoms with Crippen LogP contribution in [-0.2, 0) is 16.0 Å². The van der Waals surface area contributed by atoms with E-state index in [9.17, 15) is 14.0 Å². The summed E-state index contributed by atoms with van der Waals surface area (Å²) < 4.78 is 13.8. The molecular formula is C17H21ClFN3O2. The third-order valence-electron chi connectivity index (χ3n) is 4.79. The third kappa shape index (κ3) is 4.05. The van der Waals surface area contributed by atoms with Crippen LogP contribution in [0.5, 0.6) is 0 Å². The van der Waals surface area contributed by atoms with Crippen molar-refractivity contribution in [1.82, 2.24) is 10.2 Å². The molecule has 0 unspecified atom stereocenters. The lowest BCUT2D eigenvalue weighted by Gasteiger charge is -2.19. The summed E-state index contributed by atoms with van der Waals surface area (Å²) in [4.78, 5) is 25.5. The number of hydrogen-bond donors (Lipinski definition) is 2. The monoisotopic (exact) mass is 353 g/mol. The first-order chi connectivity index (χ1) is 11.4. The zero-order valence-corrected chi connectivity index (χ0v) is 14.1. The molecule has 1 heterocycles. The molecule has 7 heteroatoms. The van der Waals surface area contributed by atoms with Crippen molar-refractivity contribution in [2.24, 2.45) is 17.6 Å². The van der Waals surface area contributed by atoms with Gasteiger partial charge in [-0.05, 0) is 36.8 Å². The summed E-state index contributed by atoms with van der Waals surface area (Å²) in [6, 6.07) is 4.35. The van der Waals surface area contributed by atoms with E-state index in [0.717, 1.165) is 19.4 Å². The summed E-state index contributed by atoms with van der Waals surface area (Å²) in [5.74, 6) is -0.180. The van der Waals surface area contributed by atoms with E-state index in [2.05, 4.69) is 5.32 Å². The summed E-state index contributed by atoms with van der Waals surface area (Å²) in [5, 5.41) is 3.25. The Morgan fingerprint density at radius 2 is 2.08 bits per heavy atom. The van der Waals surface area contributed by atoms with Crippen molar-refractivity contribution in [2.45, 2.75) is 25.3 Å². The Morgan fingerprint density at radius 3 is 2.71 bits per heavy atom. The van der Waals surface area contributed by atoms with Crippen molar-refractivity contribution in [3.63, 3.8) is 0 Å². The van der Waals surface area contributed by atoms with E-state index >= 15 is 0 Å². The second kappa shape index (κ2) is 7.07. The molecule has 1 aliphatic carbocycles. The van der Waals surface area contributed by atoms with Gasteiger partial charge in [-0.2, -0.15) is 0 Å². The van der Waals surface area contributed by atoms with Crippen molar-refractivity contribution in [3.05, 3.63) is 34.6 Å². The van der Waals surface area contributed by atoms with Crippen LogP contribution in [-0.4, -0.2) is 42.4 Å². The molecule has 2 amide bonds. The van der Waals surface area contributed by atoms with Gasteiger partial charge < -0.3 is 11.1 Å². The summed E-state index contributed by atoms with van der Waals surface area (Å²) in [6.07, 6.45) is 2.22. The van der Waals surface area contributed by atoms with Gasteiger partial charge in [-0.1, -0.05) is 17.7 Å². The molecule has 2 atom stereocenters. The highest BCUT2D eigenvalue weighted by Crippen LogP contribution is 2.41. The zero-order valence-electron chi connectivity index (χ0n) is 13.3. The SMILES string of the molecule is NC(=O)CN1C[C@@H](NC(=O)Cc2c(F)cccc2Cl)[C@H](C2CC2)C1. The van der Waals surface area contributed by atoms with E-state index in [-0.39, 0.29) is 41.4 Å². The first-order valence-corrected chi connectivity index (χ1v) is 8.54. The van der Waals surface area contributed by atoms with Gasteiger partial charge in [0.05, 0.1) is 13.0 Å². The maximum atomic E-state index is 13.8. The van der Waals surface area contributed by atoms with Gasteiger partial charge in [-0.3, -0.25) is 14.5 Å². The molecule has 2 aliphatic rings. The number of amides is 2. The Balaban J connectivity index is 1.63. The fourth-order valence-corrected chi connectivity index (χ4v) is 3.77. The smallest absolute Gasteiger partial charge is 0.231 e. The molecule has 0 radical (unpaired) electrons. The van der Waals surface area contributed by atoms with E-state index in [1.165, 1.54) is 12.1 Å². The van der Waals surface area contributed by atoms with Gasteiger partial charge in [0.25, 0.3) is 0 Å². The summed E-state index contributed by atoms with van der Waals surface area (Å²) in [7, 11) is 0. The molecule has 3 rings (SSSR count). The van der Waals surface area contributed by atoms with Crippen molar-refractivity contribution in [3.8, 4) is 0 Å². The van der Waals surface area contributed by atoms with Crippen LogP contribution in [0.25, 0.3) is 0 Å². The summed E-state index contributed by atoms with van der Waals surface area (Å²) >= 11 is 5.98. The number of halogens is 2.